The minimum atomic E-state index is -0.185. The largest absolute Gasteiger partial charge is 0.364 e. The van der Waals surface area contributed by atoms with Gasteiger partial charge >= 0.3 is 0 Å². The summed E-state index contributed by atoms with van der Waals surface area (Å²) in [4.78, 5) is 38.4. The van der Waals surface area contributed by atoms with Gasteiger partial charge in [0.2, 0.25) is 0 Å². The number of fused-ring (bicyclic) bond motifs is 2. The monoisotopic (exact) mass is 573 g/mol. The Bertz CT molecular complexity index is 1600. The lowest BCUT2D eigenvalue weighted by atomic mass is 10.0. The third-order valence-electron chi connectivity index (χ3n) is 6.94. The van der Waals surface area contributed by atoms with Gasteiger partial charge in [-0.2, -0.15) is 0 Å². The van der Waals surface area contributed by atoms with Crippen molar-refractivity contribution >= 4 is 58.8 Å². The fourth-order valence-electron chi connectivity index (χ4n) is 5.03. The molecule has 0 fully saturated rings. The summed E-state index contributed by atoms with van der Waals surface area (Å²) in [6.45, 7) is 2.23. The molecule has 2 N–H and O–H groups in total. The van der Waals surface area contributed by atoms with Crippen LogP contribution >= 0.6 is 24.8 Å². The first-order valence-electron chi connectivity index (χ1n) is 12.6. The molecule has 1 aliphatic rings. The van der Waals surface area contributed by atoms with Crippen LogP contribution in [0.3, 0.4) is 0 Å². The van der Waals surface area contributed by atoms with Crippen LogP contribution in [-0.4, -0.2) is 39.8 Å². The molecular formula is C31H29Cl2N5O2. The number of carbonyl (C=O) groups excluding carboxylic acids is 2. The number of anilines is 2. The van der Waals surface area contributed by atoms with Gasteiger partial charge < -0.3 is 20.1 Å². The number of nitrogens with one attached hydrogen (secondary N) is 2. The summed E-state index contributed by atoms with van der Waals surface area (Å²) in [5.74, 6) is -0.203. The second-order valence-electron chi connectivity index (χ2n) is 9.42. The van der Waals surface area contributed by atoms with E-state index < -0.39 is 0 Å². The van der Waals surface area contributed by atoms with E-state index in [1.807, 2.05) is 102 Å². The number of halogens is 2. The standard InChI is InChI=1S/C31H27N5O2.2ClH/c37-30(34-25-9-2-1-3-10-25)23-13-14-29-24(17-23)19-36(16-15-35(29)20-26-18-32-21-33-26)31(38)28-12-6-8-22-7-4-5-11-27(22)28;;/h1-14,17-18,21H,15-16,19-20H2,(H,32,33)(H,34,37);2*1H. The van der Waals surface area contributed by atoms with Crippen LogP contribution in [0.5, 0.6) is 0 Å². The Balaban J connectivity index is 0.00000185. The minimum absolute atomic E-state index is 0. The zero-order valence-electron chi connectivity index (χ0n) is 21.6. The normalized spacial score (nSPS) is 12.5. The molecule has 0 saturated heterocycles. The molecule has 7 nitrogen and oxygen atoms in total. The van der Waals surface area contributed by atoms with Crippen LogP contribution in [0.4, 0.5) is 11.4 Å². The molecule has 9 heteroatoms. The van der Waals surface area contributed by atoms with E-state index in [4.69, 9.17) is 0 Å². The zero-order chi connectivity index (χ0) is 25.9. The first-order valence-corrected chi connectivity index (χ1v) is 12.6. The first-order chi connectivity index (χ1) is 18.7. The maximum Gasteiger partial charge on any atom is 0.255 e. The molecule has 1 aliphatic heterocycles. The van der Waals surface area contributed by atoms with Crippen molar-refractivity contribution in [2.75, 3.05) is 23.3 Å². The van der Waals surface area contributed by atoms with E-state index >= 15 is 0 Å². The Labute approximate surface area is 245 Å². The summed E-state index contributed by atoms with van der Waals surface area (Å²) in [5, 5.41) is 4.94. The Morgan fingerprint density at radius 1 is 0.875 bits per heavy atom. The SMILES string of the molecule is Cl.Cl.O=C(Nc1ccccc1)c1ccc2c(c1)CN(C(=O)c1cccc3ccccc13)CCN2Cc1cnc[nH]1. The van der Waals surface area contributed by atoms with Gasteiger partial charge in [0.15, 0.2) is 0 Å². The van der Waals surface area contributed by atoms with Crippen molar-refractivity contribution in [3.05, 3.63) is 126 Å². The van der Waals surface area contributed by atoms with Crippen LogP contribution in [0.15, 0.2) is 104 Å². The Hall–Kier alpha value is -4.33. The average Bonchev–Trinajstić information content (AvgIpc) is 3.40. The van der Waals surface area contributed by atoms with Crippen LogP contribution in [-0.2, 0) is 13.1 Å². The highest BCUT2D eigenvalue weighted by molar-refractivity contribution is 6.07. The first kappa shape index (κ1) is 28.7. The highest BCUT2D eigenvalue weighted by Gasteiger charge is 2.26. The summed E-state index contributed by atoms with van der Waals surface area (Å²) in [6.07, 6.45) is 3.48. The second-order valence-corrected chi connectivity index (χ2v) is 9.42. The van der Waals surface area contributed by atoms with Gasteiger partial charge in [-0.25, -0.2) is 4.98 Å². The number of aromatic amines is 1. The predicted octanol–water partition coefficient (Wildman–Crippen LogP) is 6.32. The summed E-state index contributed by atoms with van der Waals surface area (Å²) >= 11 is 0. The third kappa shape index (κ3) is 5.96. The predicted molar refractivity (Wildman–Crippen MR) is 164 cm³/mol. The molecule has 0 unspecified atom stereocenters. The smallest absolute Gasteiger partial charge is 0.255 e. The van der Waals surface area contributed by atoms with Gasteiger partial charge in [-0.15, -0.1) is 24.8 Å². The number of hydrogen-bond acceptors (Lipinski definition) is 4. The van der Waals surface area contributed by atoms with Crippen molar-refractivity contribution in [3.63, 3.8) is 0 Å². The number of H-pyrrole nitrogens is 1. The van der Waals surface area contributed by atoms with Crippen LogP contribution in [0, 0.1) is 0 Å². The summed E-state index contributed by atoms with van der Waals surface area (Å²) in [7, 11) is 0. The maximum absolute atomic E-state index is 13.9. The van der Waals surface area contributed by atoms with Crippen LogP contribution < -0.4 is 10.2 Å². The molecule has 1 aromatic heterocycles. The zero-order valence-corrected chi connectivity index (χ0v) is 23.3. The van der Waals surface area contributed by atoms with E-state index in [-0.39, 0.29) is 36.6 Å². The van der Waals surface area contributed by atoms with E-state index in [2.05, 4.69) is 20.2 Å². The Kier molecular flexibility index (Phi) is 9.09. The number of nitrogens with zero attached hydrogens (tertiary/aromatic N) is 3. The molecule has 6 rings (SSSR count). The number of imidazole rings is 1. The fourth-order valence-corrected chi connectivity index (χ4v) is 5.03. The summed E-state index contributed by atoms with van der Waals surface area (Å²) in [5.41, 5.74) is 4.88. The average molecular weight is 575 g/mol. The molecule has 2 amide bonds. The highest BCUT2D eigenvalue weighted by atomic mass is 35.5. The maximum atomic E-state index is 13.9. The molecule has 2 heterocycles. The molecule has 204 valence electrons. The van der Waals surface area contributed by atoms with Gasteiger partial charge in [0, 0.05) is 48.3 Å². The fraction of sp³-hybridized carbons (Fsp3) is 0.129. The van der Waals surface area contributed by atoms with Crippen molar-refractivity contribution in [3.8, 4) is 0 Å². The second kappa shape index (κ2) is 12.7. The molecule has 5 aromatic rings. The molecule has 0 spiro atoms. The molecule has 0 radical (unpaired) electrons. The Morgan fingerprint density at radius 2 is 1.65 bits per heavy atom. The van der Waals surface area contributed by atoms with E-state index in [1.165, 1.54) is 0 Å². The lowest BCUT2D eigenvalue weighted by Gasteiger charge is -2.24. The van der Waals surface area contributed by atoms with Crippen molar-refractivity contribution in [1.82, 2.24) is 14.9 Å². The van der Waals surface area contributed by atoms with Gasteiger partial charge in [-0.05, 0) is 52.7 Å². The van der Waals surface area contributed by atoms with E-state index in [0.29, 0.717) is 37.3 Å². The van der Waals surface area contributed by atoms with Gasteiger partial charge in [0.05, 0.1) is 18.6 Å². The Morgan fingerprint density at radius 3 is 2.45 bits per heavy atom. The van der Waals surface area contributed by atoms with Crippen molar-refractivity contribution in [2.45, 2.75) is 13.1 Å². The number of para-hydroxylation sites is 1. The van der Waals surface area contributed by atoms with Gasteiger partial charge in [-0.1, -0.05) is 54.6 Å². The molecule has 4 aromatic carbocycles. The highest BCUT2D eigenvalue weighted by Crippen LogP contribution is 2.30. The van der Waals surface area contributed by atoms with Crippen LogP contribution in [0.2, 0.25) is 0 Å². The van der Waals surface area contributed by atoms with Gasteiger partial charge in [0.1, 0.15) is 0 Å². The topological polar surface area (TPSA) is 81.3 Å². The van der Waals surface area contributed by atoms with Crippen LogP contribution in [0.1, 0.15) is 32.0 Å². The van der Waals surface area contributed by atoms with E-state index in [1.54, 1.807) is 6.33 Å². The number of amides is 2. The number of carbonyl (C=O) groups is 2. The third-order valence-corrected chi connectivity index (χ3v) is 6.94. The number of rotatable bonds is 5. The lowest BCUT2D eigenvalue weighted by Crippen LogP contribution is -2.35. The molecule has 0 aliphatic carbocycles. The summed E-state index contributed by atoms with van der Waals surface area (Å²) < 4.78 is 0. The summed E-state index contributed by atoms with van der Waals surface area (Å²) in [6, 6.07) is 28.9. The minimum Gasteiger partial charge on any atom is -0.364 e. The lowest BCUT2D eigenvalue weighted by molar-refractivity contribution is 0.0753. The quantitative estimate of drug-likeness (QED) is 0.258. The molecule has 0 bridgehead atoms. The number of benzene rings is 4. The van der Waals surface area contributed by atoms with E-state index in [9.17, 15) is 9.59 Å². The van der Waals surface area contributed by atoms with Crippen LogP contribution in [0.25, 0.3) is 10.8 Å². The molecule has 0 atom stereocenters. The van der Waals surface area contributed by atoms with Gasteiger partial charge in [0.25, 0.3) is 11.8 Å². The van der Waals surface area contributed by atoms with Crippen molar-refractivity contribution in [1.29, 1.82) is 0 Å². The van der Waals surface area contributed by atoms with Gasteiger partial charge in [-0.3, -0.25) is 9.59 Å². The molecular weight excluding hydrogens is 545 g/mol. The van der Waals surface area contributed by atoms with Crippen molar-refractivity contribution in [2.24, 2.45) is 0 Å². The molecule has 0 saturated carbocycles. The molecule has 40 heavy (non-hydrogen) atoms. The van der Waals surface area contributed by atoms with Crippen molar-refractivity contribution < 1.29 is 9.59 Å². The number of aromatic nitrogens is 2. The van der Waals surface area contributed by atoms with E-state index in [0.717, 1.165) is 33.4 Å². The number of hydrogen-bond donors (Lipinski definition) is 2.